The average molecular weight is 550 g/mol. The van der Waals surface area contributed by atoms with Gasteiger partial charge in [-0.05, 0) is 71.0 Å². The van der Waals surface area contributed by atoms with Crippen LogP contribution in [0.5, 0.6) is 11.5 Å². The lowest BCUT2D eigenvalue weighted by Crippen LogP contribution is -2.41. The Labute approximate surface area is 236 Å². The van der Waals surface area contributed by atoms with Gasteiger partial charge in [-0.2, -0.15) is 0 Å². The Bertz CT molecular complexity index is 1290. The van der Waals surface area contributed by atoms with Crippen LogP contribution in [0.2, 0.25) is 0 Å². The molecule has 0 radical (unpaired) electrons. The molecule has 2 heterocycles. The summed E-state index contributed by atoms with van der Waals surface area (Å²) >= 11 is 0. The highest BCUT2D eigenvalue weighted by atomic mass is 16.7. The van der Waals surface area contributed by atoms with Crippen molar-refractivity contribution >= 4 is 24.3 Å². The Morgan fingerprint density at radius 2 is 1.75 bits per heavy atom. The van der Waals surface area contributed by atoms with Crippen LogP contribution < -0.4 is 10.2 Å². The summed E-state index contributed by atoms with van der Waals surface area (Å²) in [6.07, 6.45) is 3.23. The maximum absolute atomic E-state index is 12.4. The topological polar surface area (TPSA) is 101 Å². The van der Waals surface area contributed by atoms with Gasteiger partial charge in [-0.1, -0.05) is 35.9 Å². The standard InChI is InChI=1S/C31H39BO8/c1-19(9-15-24-27(34)26-25(18-38-29(26)35)20(2)28(24)36-7)8-14-23(33)17-37-16-21-10-12-22(13-11-21)32-39-30(3,4)31(5,6)40-32/h9-13,34H,8,14-18H2,1-7H3/b19-9+. The van der Waals surface area contributed by atoms with Gasteiger partial charge in [-0.25, -0.2) is 4.79 Å². The maximum atomic E-state index is 12.4. The Balaban J connectivity index is 1.24. The van der Waals surface area contributed by atoms with Crippen molar-refractivity contribution < 1.29 is 38.2 Å². The molecule has 9 heteroatoms. The summed E-state index contributed by atoms with van der Waals surface area (Å²) in [7, 11) is 1.13. The van der Waals surface area contributed by atoms with E-state index in [-0.39, 0.29) is 30.3 Å². The molecule has 2 aliphatic rings. The van der Waals surface area contributed by atoms with Crippen molar-refractivity contribution in [3.05, 3.63) is 63.7 Å². The first kappa shape index (κ1) is 29.8. The van der Waals surface area contributed by atoms with Gasteiger partial charge >= 0.3 is 13.1 Å². The largest absolute Gasteiger partial charge is 0.507 e. The maximum Gasteiger partial charge on any atom is 0.494 e. The lowest BCUT2D eigenvalue weighted by molar-refractivity contribution is -0.123. The van der Waals surface area contributed by atoms with Crippen molar-refractivity contribution in [2.75, 3.05) is 13.7 Å². The van der Waals surface area contributed by atoms with Crippen molar-refractivity contribution in [3.8, 4) is 11.5 Å². The van der Waals surface area contributed by atoms with Crippen LogP contribution in [0.15, 0.2) is 35.9 Å². The van der Waals surface area contributed by atoms with Crippen LogP contribution in [0, 0.1) is 6.92 Å². The highest BCUT2D eigenvalue weighted by Gasteiger charge is 2.51. The van der Waals surface area contributed by atoms with Crippen molar-refractivity contribution in [3.63, 3.8) is 0 Å². The average Bonchev–Trinajstić information content (AvgIpc) is 3.39. The third kappa shape index (κ3) is 6.11. The summed E-state index contributed by atoms with van der Waals surface area (Å²) in [6, 6.07) is 7.85. The van der Waals surface area contributed by atoms with Gasteiger partial charge in [0.2, 0.25) is 0 Å². The number of cyclic esters (lactones) is 1. The molecule has 214 valence electrons. The molecule has 4 rings (SSSR count). The van der Waals surface area contributed by atoms with E-state index in [4.69, 9.17) is 23.5 Å². The number of phenols is 1. The third-order valence-corrected chi connectivity index (χ3v) is 8.14. The second kappa shape index (κ2) is 11.8. The number of benzene rings is 2. The fourth-order valence-corrected chi connectivity index (χ4v) is 4.85. The molecule has 2 aliphatic heterocycles. The number of ketones is 1. The van der Waals surface area contributed by atoms with Crippen molar-refractivity contribution in [1.82, 2.24) is 0 Å². The highest BCUT2D eigenvalue weighted by molar-refractivity contribution is 6.62. The summed E-state index contributed by atoms with van der Waals surface area (Å²) in [5.74, 6) is -0.0608. The molecule has 0 aromatic heterocycles. The van der Waals surface area contributed by atoms with Crippen LogP contribution in [0.3, 0.4) is 0 Å². The van der Waals surface area contributed by atoms with Crippen LogP contribution in [0.25, 0.3) is 0 Å². The lowest BCUT2D eigenvalue weighted by atomic mass is 9.79. The minimum Gasteiger partial charge on any atom is -0.507 e. The summed E-state index contributed by atoms with van der Waals surface area (Å²) in [5.41, 5.74) is 4.33. The molecule has 0 aliphatic carbocycles. The number of Topliss-reactive ketones (excluding diaryl/α,β-unsaturated/α-hetero) is 1. The number of hydrogen-bond donors (Lipinski definition) is 1. The van der Waals surface area contributed by atoms with E-state index in [1.54, 1.807) is 7.11 Å². The number of allylic oxidation sites excluding steroid dienone is 2. The molecule has 40 heavy (non-hydrogen) atoms. The van der Waals surface area contributed by atoms with Crippen LogP contribution in [0.1, 0.15) is 80.1 Å². The molecule has 1 N–H and O–H groups in total. The molecule has 1 fully saturated rings. The van der Waals surface area contributed by atoms with Crippen molar-refractivity contribution in [2.24, 2.45) is 0 Å². The Kier molecular flexibility index (Phi) is 8.78. The van der Waals surface area contributed by atoms with Gasteiger partial charge in [-0.15, -0.1) is 0 Å². The van der Waals surface area contributed by atoms with Gasteiger partial charge in [0.25, 0.3) is 0 Å². The molecule has 0 unspecified atom stereocenters. The second-order valence-electron chi connectivity index (χ2n) is 11.5. The SMILES string of the molecule is COc1c(C)c2c(c(O)c1C/C=C(\C)CCC(=O)COCc1ccc(B3OC(C)(C)C(C)(C)O3)cc1)C(=O)OC2. The number of hydrogen-bond acceptors (Lipinski definition) is 8. The predicted octanol–water partition coefficient (Wildman–Crippen LogP) is 4.73. The molecular weight excluding hydrogens is 511 g/mol. The zero-order valence-corrected chi connectivity index (χ0v) is 24.5. The zero-order chi connectivity index (χ0) is 29.2. The number of carbonyl (C=O) groups excluding carboxylic acids is 2. The molecule has 2 aromatic carbocycles. The number of carbonyl (C=O) groups is 2. The summed E-state index contributed by atoms with van der Waals surface area (Å²) in [6.45, 7) is 12.4. The fourth-order valence-electron chi connectivity index (χ4n) is 4.85. The fraction of sp³-hybridized carbons (Fsp3) is 0.484. The first-order chi connectivity index (χ1) is 18.8. The van der Waals surface area contributed by atoms with Gasteiger partial charge < -0.3 is 28.6 Å². The van der Waals surface area contributed by atoms with E-state index in [0.29, 0.717) is 42.7 Å². The molecule has 0 amide bonds. The summed E-state index contributed by atoms with van der Waals surface area (Å²) in [5, 5.41) is 10.8. The van der Waals surface area contributed by atoms with E-state index in [2.05, 4.69) is 0 Å². The number of phenolic OH excluding ortho intramolecular Hbond substituents is 1. The van der Waals surface area contributed by atoms with E-state index in [0.717, 1.165) is 22.2 Å². The number of esters is 1. The number of ether oxygens (including phenoxy) is 3. The molecule has 2 aromatic rings. The molecule has 0 bridgehead atoms. The third-order valence-electron chi connectivity index (χ3n) is 8.14. The van der Waals surface area contributed by atoms with Gasteiger partial charge in [0.05, 0.1) is 24.9 Å². The minimum absolute atomic E-state index is 0.0122. The molecule has 8 nitrogen and oxygen atoms in total. The monoisotopic (exact) mass is 550 g/mol. The second-order valence-corrected chi connectivity index (χ2v) is 11.5. The lowest BCUT2D eigenvalue weighted by Gasteiger charge is -2.32. The van der Waals surface area contributed by atoms with Crippen LogP contribution >= 0.6 is 0 Å². The highest BCUT2D eigenvalue weighted by Crippen LogP contribution is 2.42. The summed E-state index contributed by atoms with van der Waals surface area (Å²) in [4.78, 5) is 24.5. The molecule has 1 saturated heterocycles. The summed E-state index contributed by atoms with van der Waals surface area (Å²) < 4.78 is 28.5. The molecule has 0 spiro atoms. The minimum atomic E-state index is -0.522. The first-order valence-corrected chi connectivity index (χ1v) is 13.6. The van der Waals surface area contributed by atoms with Crippen LogP contribution in [-0.2, 0) is 43.2 Å². The van der Waals surface area contributed by atoms with E-state index in [9.17, 15) is 14.7 Å². The number of fused-ring (bicyclic) bond motifs is 1. The molecule has 0 atom stereocenters. The van der Waals surface area contributed by atoms with E-state index in [1.807, 2.05) is 71.9 Å². The predicted molar refractivity (Wildman–Crippen MR) is 152 cm³/mol. The number of aromatic hydroxyl groups is 1. The quantitative estimate of drug-likeness (QED) is 0.244. The Morgan fingerprint density at radius 3 is 2.38 bits per heavy atom. The Hall–Kier alpha value is -3.14. The van der Waals surface area contributed by atoms with Crippen molar-refractivity contribution in [2.45, 2.75) is 85.2 Å². The van der Waals surface area contributed by atoms with E-state index >= 15 is 0 Å². The smallest absolute Gasteiger partial charge is 0.494 e. The van der Waals surface area contributed by atoms with Gasteiger partial charge in [0, 0.05) is 17.5 Å². The van der Waals surface area contributed by atoms with Crippen LogP contribution in [0.4, 0.5) is 0 Å². The van der Waals surface area contributed by atoms with Crippen molar-refractivity contribution in [1.29, 1.82) is 0 Å². The van der Waals surface area contributed by atoms with E-state index < -0.39 is 24.3 Å². The molecule has 0 saturated carbocycles. The molecular formula is C31H39BO8. The van der Waals surface area contributed by atoms with Gasteiger partial charge in [0.15, 0.2) is 5.78 Å². The normalized spacial score (nSPS) is 17.6. The first-order valence-electron chi connectivity index (χ1n) is 13.6. The number of rotatable bonds is 11. The Morgan fingerprint density at radius 1 is 1.10 bits per heavy atom. The van der Waals surface area contributed by atoms with Crippen LogP contribution in [-0.4, -0.2) is 48.9 Å². The number of methoxy groups -OCH3 is 1. The van der Waals surface area contributed by atoms with Gasteiger partial charge in [0.1, 0.15) is 30.3 Å². The zero-order valence-electron chi connectivity index (χ0n) is 24.5. The van der Waals surface area contributed by atoms with Gasteiger partial charge in [-0.3, -0.25) is 4.79 Å². The van der Waals surface area contributed by atoms with E-state index in [1.165, 1.54) is 0 Å².